The maximum Gasteiger partial charge on any atom is 0.326 e. The lowest BCUT2D eigenvalue weighted by molar-refractivity contribution is -0.145. The molecule has 1 heterocycles. The van der Waals surface area contributed by atoms with E-state index < -0.39 is 134 Å². The molecule has 64 heavy (non-hydrogen) atoms. The van der Waals surface area contributed by atoms with Crippen molar-refractivity contribution in [3.8, 4) is 0 Å². The summed E-state index contributed by atoms with van der Waals surface area (Å²) in [4.78, 5) is 151. The molecule has 0 saturated carbocycles. The second kappa shape index (κ2) is 30.6. The van der Waals surface area contributed by atoms with Crippen LogP contribution in [0.4, 0.5) is 0 Å². The van der Waals surface area contributed by atoms with Gasteiger partial charge in [0.25, 0.3) is 0 Å². The molecule has 23 nitrogen and oxygen atoms in total. The number of amides is 4. The molecule has 4 amide bonds. The first kappa shape index (κ1) is 55.6. The number of carbonyl (C=O) groups excluding carboxylic acids is 8. The maximum absolute atomic E-state index is 12.6. The Labute approximate surface area is 368 Å². The quantitative estimate of drug-likeness (QED) is 0.0389. The Balaban J connectivity index is 2.44. The van der Waals surface area contributed by atoms with Gasteiger partial charge in [-0.1, -0.05) is 6.42 Å². The Kier molecular flexibility index (Phi) is 26.6. The van der Waals surface area contributed by atoms with Gasteiger partial charge in [0.05, 0.1) is 24.7 Å². The maximum atomic E-state index is 12.6. The molecule has 1 rings (SSSR count). The predicted octanol–water partition coefficient (Wildman–Crippen LogP) is -0.129. The van der Waals surface area contributed by atoms with Crippen LogP contribution < -0.4 is 21.3 Å². The summed E-state index contributed by atoms with van der Waals surface area (Å²) in [5.74, 6) is -13.4. The van der Waals surface area contributed by atoms with Crippen LogP contribution in [-0.4, -0.2) is 138 Å². The number of nitrogens with zero attached hydrogens (tertiary/aromatic N) is 1. The van der Waals surface area contributed by atoms with Crippen LogP contribution in [0, 0.1) is 17.8 Å². The van der Waals surface area contributed by atoms with Crippen molar-refractivity contribution in [3.05, 3.63) is 18.2 Å². The number of carboxylic acids is 4. The summed E-state index contributed by atoms with van der Waals surface area (Å²) in [6.07, 6.45) is 1.52. The van der Waals surface area contributed by atoms with Crippen molar-refractivity contribution < 1.29 is 83.1 Å². The largest absolute Gasteiger partial charge is 0.481 e. The van der Waals surface area contributed by atoms with Gasteiger partial charge in [0.1, 0.15) is 36.0 Å². The fraction of sp³-hybridized carbons (Fsp3) is 0.634. The summed E-state index contributed by atoms with van der Waals surface area (Å²) in [6, 6.07) is -2.98. The van der Waals surface area contributed by atoms with Crippen molar-refractivity contribution in [2.75, 3.05) is 19.7 Å². The molecular formula is C41H60N6O17. The number of imidazole rings is 1. The molecule has 356 valence electrons. The molecule has 0 aliphatic carbocycles. The highest BCUT2D eigenvalue weighted by Crippen LogP contribution is 2.19. The summed E-state index contributed by atoms with van der Waals surface area (Å²) in [5.41, 5.74) is 0.823. The summed E-state index contributed by atoms with van der Waals surface area (Å²) < 4.78 is 0. The highest BCUT2D eigenvalue weighted by atomic mass is 16.4. The Morgan fingerprint density at radius 2 is 1.11 bits per heavy atom. The van der Waals surface area contributed by atoms with E-state index >= 15 is 0 Å². The van der Waals surface area contributed by atoms with E-state index in [4.69, 9.17) is 5.11 Å². The highest BCUT2D eigenvalue weighted by molar-refractivity contribution is 5.89. The molecule has 0 bridgehead atoms. The fourth-order valence-corrected chi connectivity index (χ4v) is 6.45. The van der Waals surface area contributed by atoms with Gasteiger partial charge in [-0.25, -0.2) is 14.6 Å². The molecule has 0 unspecified atom stereocenters. The third kappa shape index (κ3) is 24.9. The van der Waals surface area contributed by atoms with E-state index in [1.54, 1.807) is 6.20 Å². The third-order valence-corrected chi connectivity index (χ3v) is 10.2. The summed E-state index contributed by atoms with van der Waals surface area (Å²) in [6.45, 7) is 0.229. The topological polar surface area (TPSA) is 383 Å². The smallest absolute Gasteiger partial charge is 0.326 e. The van der Waals surface area contributed by atoms with Gasteiger partial charge in [-0.05, 0) is 51.4 Å². The lowest BCUT2D eigenvalue weighted by Crippen LogP contribution is -2.41. The Morgan fingerprint density at radius 1 is 0.578 bits per heavy atom. The van der Waals surface area contributed by atoms with Crippen molar-refractivity contribution in [1.82, 2.24) is 31.2 Å². The van der Waals surface area contributed by atoms with E-state index in [0.29, 0.717) is 38.5 Å². The first-order valence-electron chi connectivity index (χ1n) is 20.9. The van der Waals surface area contributed by atoms with Crippen LogP contribution in [0.3, 0.4) is 0 Å². The number of rotatable bonds is 37. The van der Waals surface area contributed by atoms with Crippen molar-refractivity contribution in [2.45, 2.75) is 128 Å². The predicted molar refractivity (Wildman–Crippen MR) is 220 cm³/mol. The molecule has 0 saturated heterocycles. The highest BCUT2D eigenvalue weighted by Gasteiger charge is 2.28. The SMILES string of the molecule is CC(=O)N[C@@H](CCC(=O)C[C@@H](CCC(=O)N[C@@H](CCC(=O)C[C@@H](CCC(=O)NCC(=O)NCCCC[C@H](CCC(=O)CCc1cnc[nH]1)C(=O)CO)C(=O)O)C(=O)O)C(=O)O)C(=O)O. The number of ketones is 4. The second-order valence-electron chi connectivity index (χ2n) is 15.4. The Bertz CT molecular complexity index is 1780. The Hall–Kier alpha value is -6.39. The van der Waals surface area contributed by atoms with Gasteiger partial charge < -0.3 is 51.8 Å². The van der Waals surface area contributed by atoms with Gasteiger partial charge >= 0.3 is 23.9 Å². The lowest BCUT2D eigenvalue weighted by atomic mass is 9.91. The standard InChI is InChI=1S/C41H60N6O17/c1-24(49)46-32(40(61)62)13-11-30(51)19-27(39(59)60)7-16-36(55)47-33(41(63)64)14-12-31(52)18-26(38(57)58)6-15-35(54)44-21-37(56)43-17-3-2-4-25(34(53)22-48)5-9-29(50)10-8-28-20-42-23-45-28/h20,23,25-27,32-33,48H,2-19,21-22H2,1H3,(H,42,45)(H,43,56)(H,44,54)(H,46,49)(H,47,55)(H,57,58)(H,59,60)(H,61,62)(H,63,64)/t25-,26-,27-,32+,33+/m1/s1. The Morgan fingerprint density at radius 3 is 1.61 bits per heavy atom. The number of aryl methyl sites for hydroxylation is 1. The average Bonchev–Trinajstić information content (AvgIpc) is 3.76. The van der Waals surface area contributed by atoms with Crippen LogP contribution in [0.5, 0.6) is 0 Å². The number of hydrogen-bond donors (Lipinski definition) is 10. The molecule has 0 fully saturated rings. The minimum atomic E-state index is -1.61. The van der Waals surface area contributed by atoms with Gasteiger partial charge in [0.15, 0.2) is 5.78 Å². The zero-order valence-corrected chi connectivity index (χ0v) is 35.8. The molecule has 1 aromatic rings. The lowest BCUT2D eigenvalue weighted by Gasteiger charge is -2.17. The van der Waals surface area contributed by atoms with Gasteiger partial charge in [0, 0.05) is 82.6 Å². The molecular weight excluding hydrogens is 848 g/mol. The van der Waals surface area contributed by atoms with E-state index in [0.717, 1.165) is 12.6 Å². The number of hydrogen-bond acceptors (Lipinski definition) is 14. The number of aliphatic hydroxyl groups excluding tert-OH is 1. The summed E-state index contributed by atoms with van der Waals surface area (Å²) >= 11 is 0. The number of aliphatic hydroxyl groups is 1. The molecule has 1 aromatic heterocycles. The van der Waals surface area contributed by atoms with Gasteiger partial charge in [-0.3, -0.25) is 47.9 Å². The molecule has 5 atom stereocenters. The van der Waals surface area contributed by atoms with E-state index in [9.17, 15) is 78.0 Å². The normalized spacial score (nSPS) is 13.2. The number of aromatic nitrogens is 2. The van der Waals surface area contributed by atoms with Crippen LogP contribution >= 0.6 is 0 Å². The van der Waals surface area contributed by atoms with E-state index in [1.807, 2.05) is 0 Å². The van der Waals surface area contributed by atoms with E-state index in [2.05, 4.69) is 31.2 Å². The molecule has 0 spiro atoms. The van der Waals surface area contributed by atoms with Gasteiger partial charge in [-0.15, -0.1) is 0 Å². The number of carboxylic acid groups (broad SMARTS) is 4. The molecule has 0 aliphatic heterocycles. The summed E-state index contributed by atoms with van der Waals surface area (Å²) in [7, 11) is 0. The van der Waals surface area contributed by atoms with Crippen molar-refractivity contribution >= 4 is 70.6 Å². The van der Waals surface area contributed by atoms with Crippen molar-refractivity contribution in [2.24, 2.45) is 17.8 Å². The van der Waals surface area contributed by atoms with Crippen LogP contribution in [0.1, 0.15) is 115 Å². The number of aliphatic carboxylic acids is 4. The van der Waals surface area contributed by atoms with Gasteiger partial charge in [-0.2, -0.15) is 0 Å². The molecule has 0 radical (unpaired) electrons. The molecule has 0 aliphatic rings. The third-order valence-electron chi connectivity index (χ3n) is 10.2. The minimum absolute atomic E-state index is 0.0191. The first-order chi connectivity index (χ1) is 30.2. The number of Topliss-reactive ketones (excluding diaryl/α,β-unsaturated/α-hetero) is 4. The van der Waals surface area contributed by atoms with Crippen LogP contribution in [-0.2, 0) is 64.0 Å². The van der Waals surface area contributed by atoms with Crippen LogP contribution in [0.2, 0.25) is 0 Å². The molecule has 10 N–H and O–H groups in total. The number of aromatic amines is 1. The number of H-pyrrole nitrogens is 1. The van der Waals surface area contributed by atoms with Gasteiger partial charge in [0.2, 0.25) is 23.6 Å². The number of nitrogens with one attached hydrogen (secondary N) is 5. The molecule has 0 aromatic carbocycles. The zero-order valence-electron chi connectivity index (χ0n) is 35.8. The average molecular weight is 909 g/mol. The van der Waals surface area contributed by atoms with Crippen molar-refractivity contribution in [3.63, 3.8) is 0 Å². The first-order valence-corrected chi connectivity index (χ1v) is 20.9. The minimum Gasteiger partial charge on any atom is -0.481 e. The van der Waals surface area contributed by atoms with E-state index in [1.165, 1.54) is 6.33 Å². The number of unbranched alkanes of at least 4 members (excludes halogenated alkanes) is 1. The van der Waals surface area contributed by atoms with Crippen molar-refractivity contribution in [1.29, 1.82) is 0 Å². The molecule has 23 heteroatoms. The monoisotopic (exact) mass is 908 g/mol. The van der Waals surface area contributed by atoms with Crippen LogP contribution in [0.15, 0.2) is 12.5 Å². The summed E-state index contributed by atoms with van der Waals surface area (Å²) in [5, 5.41) is 56.5. The van der Waals surface area contributed by atoms with E-state index in [-0.39, 0.29) is 56.6 Å². The fourth-order valence-electron chi connectivity index (χ4n) is 6.45. The zero-order chi connectivity index (χ0) is 48.2. The second-order valence-corrected chi connectivity index (χ2v) is 15.4. The van der Waals surface area contributed by atoms with Crippen LogP contribution in [0.25, 0.3) is 0 Å². The number of carbonyl (C=O) groups is 12.